The summed E-state index contributed by atoms with van der Waals surface area (Å²) in [5.74, 6) is -0.396. The quantitative estimate of drug-likeness (QED) is 0.438. The summed E-state index contributed by atoms with van der Waals surface area (Å²) >= 11 is 0. The van der Waals surface area contributed by atoms with Crippen molar-refractivity contribution in [2.75, 3.05) is 13.2 Å². The summed E-state index contributed by atoms with van der Waals surface area (Å²) in [6.45, 7) is 16.3. The number of hydrogen-bond acceptors (Lipinski definition) is 6. The minimum absolute atomic E-state index is 0.0682. The fraction of sp³-hybridized carbons (Fsp3) is 0.619. The van der Waals surface area contributed by atoms with E-state index in [4.69, 9.17) is 18.6 Å². The third-order valence-electron chi connectivity index (χ3n) is 4.84. The second-order valence-corrected chi connectivity index (χ2v) is 12.9. The minimum Gasteiger partial charge on any atom is -0.487 e. The second-order valence-electron chi connectivity index (χ2n) is 8.12. The van der Waals surface area contributed by atoms with Crippen LogP contribution in [-0.4, -0.2) is 45.7 Å². The van der Waals surface area contributed by atoms with Crippen molar-refractivity contribution in [3.63, 3.8) is 0 Å². The Labute approximate surface area is 169 Å². The molecular formula is C21H34O6Si. The first-order valence-electron chi connectivity index (χ1n) is 9.71. The van der Waals surface area contributed by atoms with Gasteiger partial charge in [-0.25, -0.2) is 9.59 Å². The summed E-state index contributed by atoms with van der Waals surface area (Å²) in [5.41, 5.74) is 0.393. The van der Waals surface area contributed by atoms with E-state index < -0.39 is 32.5 Å². The van der Waals surface area contributed by atoms with Crippen molar-refractivity contribution in [1.82, 2.24) is 0 Å². The van der Waals surface area contributed by atoms with E-state index in [1.165, 1.54) is 0 Å². The summed E-state index contributed by atoms with van der Waals surface area (Å²) in [6, 6.07) is 6.70. The lowest BCUT2D eigenvalue weighted by Crippen LogP contribution is -2.51. The molecule has 2 atom stereocenters. The van der Waals surface area contributed by atoms with Gasteiger partial charge in [0.05, 0.1) is 18.8 Å². The smallest absolute Gasteiger partial charge is 0.338 e. The molecule has 0 aliphatic carbocycles. The van der Waals surface area contributed by atoms with Gasteiger partial charge in [0.15, 0.2) is 14.4 Å². The van der Waals surface area contributed by atoms with Gasteiger partial charge < -0.3 is 18.6 Å². The van der Waals surface area contributed by atoms with Gasteiger partial charge in [-0.05, 0) is 57.1 Å². The van der Waals surface area contributed by atoms with Crippen LogP contribution in [0.3, 0.4) is 0 Å². The number of hydrogen-bond donors (Lipinski definition) is 0. The normalized spacial score (nSPS) is 14.1. The first-order chi connectivity index (χ1) is 12.9. The van der Waals surface area contributed by atoms with Crippen LogP contribution in [0.25, 0.3) is 0 Å². The zero-order chi connectivity index (χ0) is 21.5. The zero-order valence-corrected chi connectivity index (χ0v) is 19.3. The van der Waals surface area contributed by atoms with Gasteiger partial charge in [0.25, 0.3) is 0 Å². The molecule has 0 aliphatic rings. The van der Waals surface area contributed by atoms with E-state index in [0.29, 0.717) is 17.9 Å². The lowest BCUT2D eigenvalue weighted by atomic mass is 10.2. The van der Waals surface area contributed by atoms with Crippen LogP contribution in [0.5, 0.6) is 5.75 Å². The molecule has 0 bridgehead atoms. The fourth-order valence-electron chi connectivity index (χ4n) is 2.24. The van der Waals surface area contributed by atoms with Crippen LogP contribution in [0.15, 0.2) is 24.3 Å². The van der Waals surface area contributed by atoms with Gasteiger partial charge in [-0.2, -0.15) is 0 Å². The predicted octanol–water partition coefficient (Wildman–Crippen LogP) is 4.58. The lowest BCUT2D eigenvalue weighted by molar-refractivity contribution is -0.156. The van der Waals surface area contributed by atoms with Crippen LogP contribution in [0.2, 0.25) is 18.1 Å². The Bertz CT molecular complexity index is 665. The second kappa shape index (κ2) is 10.1. The Morgan fingerprint density at radius 3 is 2.21 bits per heavy atom. The first kappa shape index (κ1) is 24.2. The van der Waals surface area contributed by atoms with Gasteiger partial charge in [-0.1, -0.05) is 26.8 Å². The van der Waals surface area contributed by atoms with Crippen molar-refractivity contribution in [3.05, 3.63) is 29.8 Å². The number of ether oxygens (including phenoxy) is 3. The molecule has 1 rings (SSSR count). The van der Waals surface area contributed by atoms with Gasteiger partial charge in [-0.3, -0.25) is 0 Å². The van der Waals surface area contributed by atoms with Gasteiger partial charge in [0, 0.05) is 0 Å². The zero-order valence-electron chi connectivity index (χ0n) is 18.3. The van der Waals surface area contributed by atoms with Crippen LogP contribution < -0.4 is 4.74 Å². The average molecular weight is 411 g/mol. The molecular weight excluding hydrogens is 376 g/mol. The topological polar surface area (TPSA) is 71.1 Å². The van der Waals surface area contributed by atoms with Crippen LogP contribution >= 0.6 is 0 Å². The highest BCUT2D eigenvalue weighted by atomic mass is 28.4. The number of esters is 2. The molecule has 0 N–H and O–H groups in total. The molecule has 0 saturated carbocycles. The molecule has 28 heavy (non-hydrogen) atoms. The van der Waals surface area contributed by atoms with Gasteiger partial charge >= 0.3 is 11.9 Å². The molecule has 0 heterocycles. The van der Waals surface area contributed by atoms with Gasteiger partial charge in [0.1, 0.15) is 11.9 Å². The molecule has 7 heteroatoms. The van der Waals surface area contributed by atoms with Crippen molar-refractivity contribution in [2.24, 2.45) is 0 Å². The molecule has 0 aromatic heterocycles. The molecule has 2 unspecified atom stereocenters. The van der Waals surface area contributed by atoms with Crippen molar-refractivity contribution >= 4 is 20.3 Å². The summed E-state index contributed by atoms with van der Waals surface area (Å²) < 4.78 is 22.5. The van der Waals surface area contributed by atoms with Crippen LogP contribution in [0.4, 0.5) is 0 Å². The number of carbonyl (C=O) groups is 2. The summed E-state index contributed by atoms with van der Waals surface area (Å²) in [6.07, 6.45) is -1.45. The van der Waals surface area contributed by atoms with Crippen molar-refractivity contribution in [1.29, 1.82) is 0 Å². The van der Waals surface area contributed by atoms with E-state index in [9.17, 15) is 9.59 Å². The van der Waals surface area contributed by atoms with E-state index >= 15 is 0 Å². The number of benzene rings is 1. The van der Waals surface area contributed by atoms with Gasteiger partial charge in [0.2, 0.25) is 0 Å². The Hall–Kier alpha value is -1.86. The maximum absolute atomic E-state index is 12.6. The van der Waals surface area contributed by atoms with Crippen LogP contribution in [-0.2, 0) is 18.7 Å². The van der Waals surface area contributed by atoms with Crippen molar-refractivity contribution < 1.29 is 28.2 Å². The van der Waals surface area contributed by atoms with E-state index in [1.807, 2.05) is 0 Å². The molecule has 158 valence electrons. The largest absolute Gasteiger partial charge is 0.487 e. The lowest BCUT2D eigenvalue weighted by Gasteiger charge is -2.39. The molecule has 0 radical (unpaired) electrons. The number of carbonyl (C=O) groups excluding carboxylic acids is 2. The molecule has 6 nitrogen and oxygen atoms in total. The Morgan fingerprint density at radius 2 is 1.68 bits per heavy atom. The molecule has 0 fully saturated rings. The molecule has 1 aromatic carbocycles. The van der Waals surface area contributed by atoms with Gasteiger partial charge in [-0.15, -0.1) is 0 Å². The third kappa shape index (κ3) is 6.63. The summed E-state index contributed by atoms with van der Waals surface area (Å²) in [7, 11) is -2.23. The molecule has 0 amide bonds. The van der Waals surface area contributed by atoms with Crippen molar-refractivity contribution in [3.8, 4) is 5.75 Å². The highest BCUT2D eigenvalue weighted by Crippen LogP contribution is 2.38. The van der Waals surface area contributed by atoms with E-state index in [1.54, 1.807) is 45.0 Å². The monoisotopic (exact) mass is 410 g/mol. The molecule has 1 aromatic rings. The highest BCUT2D eigenvalue weighted by Gasteiger charge is 2.43. The van der Waals surface area contributed by atoms with Crippen molar-refractivity contribution in [2.45, 2.75) is 71.9 Å². The third-order valence-corrected chi connectivity index (χ3v) is 9.30. The van der Waals surface area contributed by atoms with Crippen LogP contribution in [0, 0.1) is 0 Å². The molecule has 0 aliphatic heterocycles. The average Bonchev–Trinajstić information content (AvgIpc) is 2.59. The Balaban J connectivity index is 3.04. The number of rotatable bonds is 9. The highest BCUT2D eigenvalue weighted by molar-refractivity contribution is 6.74. The van der Waals surface area contributed by atoms with E-state index in [-0.39, 0.29) is 11.6 Å². The minimum atomic E-state index is -2.23. The molecule has 0 spiro atoms. The Morgan fingerprint density at radius 1 is 1.07 bits per heavy atom. The van der Waals surface area contributed by atoms with E-state index in [0.717, 1.165) is 0 Å². The first-order valence-corrected chi connectivity index (χ1v) is 12.6. The summed E-state index contributed by atoms with van der Waals surface area (Å²) in [4.78, 5) is 24.5. The van der Waals surface area contributed by atoms with E-state index in [2.05, 4.69) is 33.9 Å². The maximum atomic E-state index is 12.6. The maximum Gasteiger partial charge on any atom is 0.338 e. The Kier molecular flexibility index (Phi) is 8.69. The SMILES string of the molecule is CCOC(=O)c1cccc(OC(C)C(O[Si](C)(C)C(C)(C)C)C(=O)OCC)c1. The predicted molar refractivity (Wildman–Crippen MR) is 111 cm³/mol. The summed E-state index contributed by atoms with van der Waals surface area (Å²) in [5, 5.41) is -0.0682. The molecule has 0 saturated heterocycles. The standard InChI is InChI=1S/C21H34O6Si/c1-9-24-19(22)16-12-11-13-17(14-16)26-15(3)18(20(23)25-10-2)27-28(7,8)21(4,5)6/h11-15,18H,9-10H2,1-8H3. The van der Waals surface area contributed by atoms with Crippen LogP contribution in [0.1, 0.15) is 51.9 Å². The fourth-order valence-corrected chi connectivity index (χ4v) is 3.52.